The van der Waals surface area contributed by atoms with Crippen LogP contribution in [0.5, 0.6) is 5.75 Å². The molecule has 0 amide bonds. The van der Waals surface area contributed by atoms with E-state index in [2.05, 4.69) is 14.9 Å². The van der Waals surface area contributed by atoms with E-state index < -0.39 is 10.0 Å². The van der Waals surface area contributed by atoms with Crippen LogP contribution in [0.1, 0.15) is 0 Å². The van der Waals surface area contributed by atoms with Crippen LogP contribution in [0.4, 0.5) is 0 Å². The molecule has 1 aliphatic heterocycles. The molecular formula is C13H23Cl2N3O3S. The van der Waals surface area contributed by atoms with Gasteiger partial charge in [-0.15, -0.1) is 24.8 Å². The molecule has 0 spiro atoms. The van der Waals surface area contributed by atoms with Crippen molar-refractivity contribution in [1.29, 1.82) is 0 Å². The first-order chi connectivity index (χ1) is 9.62. The molecule has 1 aromatic rings. The van der Waals surface area contributed by atoms with Crippen molar-refractivity contribution in [1.82, 2.24) is 14.9 Å². The fourth-order valence-electron chi connectivity index (χ4n) is 2.11. The van der Waals surface area contributed by atoms with E-state index in [4.69, 9.17) is 4.74 Å². The SMILES string of the molecule is COc1ccc(S(=O)(=O)NCCN2CCNCC2)cc1.Cl.Cl. The van der Waals surface area contributed by atoms with Crippen LogP contribution >= 0.6 is 24.8 Å². The quantitative estimate of drug-likeness (QED) is 0.770. The van der Waals surface area contributed by atoms with Gasteiger partial charge in [0.2, 0.25) is 10.0 Å². The Labute approximate surface area is 144 Å². The minimum absolute atomic E-state index is 0. The zero-order valence-corrected chi connectivity index (χ0v) is 14.9. The minimum atomic E-state index is -3.43. The van der Waals surface area contributed by atoms with Gasteiger partial charge in [0.15, 0.2) is 0 Å². The normalized spacial score (nSPS) is 15.5. The van der Waals surface area contributed by atoms with E-state index in [1.165, 1.54) is 0 Å². The molecule has 0 radical (unpaired) electrons. The highest BCUT2D eigenvalue weighted by Gasteiger charge is 2.15. The summed E-state index contributed by atoms with van der Waals surface area (Å²) in [4.78, 5) is 2.51. The molecule has 1 saturated heterocycles. The van der Waals surface area contributed by atoms with Crippen molar-refractivity contribution in [3.05, 3.63) is 24.3 Å². The van der Waals surface area contributed by atoms with Crippen molar-refractivity contribution in [2.24, 2.45) is 0 Å². The summed E-state index contributed by atoms with van der Waals surface area (Å²) in [6.07, 6.45) is 0. The molecule has 0 bridgehead atoms. The molecule has 0 aromatic heterocycles. The summed E-state index contributed by atoms with van der Waals surface area (Å²) < 4.78 is 31.8. The number of nitrogens with zero attached hydrogens (tertiary/aromatic N) is 1. The van der Waals surface area contributed by atoms with Crippen molar-refractivity contribution < 1.29 is 13.2 Å². The van der Waals surface area contributed by atoms with E-state index in [0.717, 1.165) is 32.7 Å². The zero-order chi connectivity index (χ0) is 14.4. The van der Waals surface area contributed by atoms with Crippen LogP contribution in [0.3, 0.4) is 0 Å². The van der Waals surface area contributed by atoms with Crippen LogP contribution in [-0.2, 0) is 10.0 Å². The van der Waals surface area contributed by atoms with E-state index >= 15 is 0 Å². The van der Waals surface area contributed by atoms with Crippen molar-refractivity contribution in [3.63, 3.8) is 0 Å². The van der Waals surface area contributed by atoms with Gasteiger partial charge in [-0.2, -0.15) is 0 Å². The number of nitrogens with one attached hydrogen (secondary N) is 2. The van der Waals surface area contributed by atoms with Gasteiger partial charge < -0.3 is 10.1 Å². The first kappa shape index (κ1) is 21.4. The number of benzene rings is 1. The Hall–Kier alpha value is -0.570. The lowest BCUT2D eigenvalue weighted by Gasteiger charge is -2.27. The van der Waals surface area contributed by atoms with Gasteiger partial charge in [0.25, 0.3) is 0 Å². The van der Waals surface area contributed by atoms with E-state index in [1.54, 1.807) is 31.4 Å². The van der Waals surface area contributed by atoms with Crippen LogP contribution in [0.25, 0.3) is 0 Å². The molecule has 0 aliphatic carbocycles. The largest absolute Gasteiger partial charge is 0.497 e. The monoisotopic (exact) mass is 371 g/mol. The van der Waals surface area contributed by atoms with Crippen molar-refractivity contribution in [3.8, 4) is 5.75 Å². The third-order valence-corrected chi connectivity index (χ3v) is 4.78. The molecular weight excluding hydrogens is 349 g/mol. The average molecular weight is 372 g/mol. The topological polar surface area (TPSA) is 70.7 Å². The Morgan fingerprint density at radius 2 is 1.77 bits per heavy atom. The van der Waals surface area contributed by atoms with Gasteiger partial charge >= 0.3 is 0 Å². The summed E-state index contributed by atoms with van der Waals surface area (Å²) in [6, 6.07) is 6.38. The zero-order valence-electron chi connectivity index (χ0n) is 12.4. The Morgan fingerprint density at radius 1 is 1.18 bits per heavy atom. The predicted molar refractivity (Wildman–Crippen MR) is 92.0 cm³/mol. The highest BCUT2D eigenvalue weighted by atomic mass is 35.5. The first-order valence-corrected chi connectivity index (χ1v) is 8.17. The maximum Gasteiger partial charge on any atom is 0.240 e. The highest BCUT2D eigenvalue weighted by Crippen LogP contribution is 2.15. The Kier molecular flexibility index (Phi) is 9.99. The number of halogens is 2. The molecule has 1 fully saturated rings. The third-order valence-electron chi connectivity index (χ3n) is 3.30. The number of piperazine rings is 1. The molecule has 128 valence electrons. The van der Waals surface area contributed by atoms with E-state index in [9.17, 15) is 8.42 Å². The van der Waals surface area contributed by atoms with Crippen molar-refractivity contribution >= 4 is 34.8 Å². The highest BCUT2D eigenvalue weighted by molar-refractivity contribution is 7.89. The molecule has 2 rings (SSSR count). The Morgan fingerprint density at radius 3 is 2.32 bits per heavy atom. The summed E-state index contributed by atoms with van der Waals surface area (Å²) in [5.74, 6) is 0.643. The lowest BCUT2D eigenvalue weighted by Crippen LogP contribution is -2.46. The van der Waals surface area contributed by atoms with Crippen LogP contribution in [-0.4, -0.2) is 59.7 Å². The fourth-order valence-corrected chi connectivity index (χ4v) is 3.13. The number of hydrogen-bond acceptors (Lipinski definition) is 5. The molecule has 6 nitrogen and oxygen atoms in total. The standard InChI is InChI=1S/C13H21N3O3S.2ClH/c1-19-12-2-4-13(5-3-12)20(17,18)15-8-11-16-9-6-14-7-10-16;;/h2-5,14-15H,6-11H2,1H3;2*1H. The van der Waals surface area contributed by atoms with E-state index in [-0.39, 0.29) is 29.7 Å². The Bertz CT molecular complexity index is 520. The third kappa shape index (κ3) is 6.28. The molecule has 0 saturated carbocycles. The number of hydrogen-bond donors (Lipinski definition) is 2. The smallest absolute Gasteiger partial charge is 0.240 e. The van der Waals surface area contributed by atoms with Crippen LogP contribution in [0.2, 0.25) is 0 Å². The maximum absolute atomic E-state index is 12.1. The predicted octanol–water partition coefficient (Wildman–Crippen LogP) is 0.722. The van der Waals surface area contributed by atoms with Crippen LogP contribution in [0, 0.1) is 0 Å². The second-order valence-electron chi connectivity index (χ2n) is 4.66. The van der Waals surface area contributed by atoms with Crippen molar-refractivity contribution in [2.75, 3.05) is 46.4 Å². The molecule has 9 heteroatoms. The number of ether oxygens (including phenoxy) is 1. The molecule has 2 N–H and O–H groups in total. The lowest BCUT2D eigenvalue weighted by molar-refractivity contribution is 0.245. The van der Waals surface area contributed by atoms with Gasteiger partial charge in [0, 0.05) is 39.3 Å². The maximum atomic E-state index is 12.1. The van der Waals surface area contributed by atoms with Gasteiger partial charge in [0.05, 0.1) is 12.0 Å². The average Bonchev–Trinajstić information content (AvgIpc) is 2.48. The second kappa shape index (κ2) is 10.3. The van der Waals surface area contributed by atoms with Crippen molar-refractivity contribution in [2.45, 2.75) is 4.90 Å². The lowest BCUT2D eigenvalue weighted by atomic mass is 10.3. The van der Waals surface area contributed by atoms with Crippen LogP contribution in [0.15, 0.2) is 29.2 Å². The second-order valence-corrected chi connectivity index (χ2v) is 6.43. The molecule has 1 heterocycles. The van der Waals surface area contributed by atoms with Gasteiger partial charge in [0.1, 0.15) is 5.75 Å². The number of sulfonamides is 1. The molecule has 1 aromatic carbocycles. The molecule has 22 heavy (non-hydrogen) atoms. The number of rotatable bonds is 6. The minimum Gasteiger partial charge on any atom is -0.497 e. The van der Waals surface area contributed by atoms with Gasteiger partial charge in [-0.1, -0.05) is 0 Å². The summed E-state index contributed by atoms with van der Waals surface area (Å²) in [7, 11) is -1.88. The summed E-state index contributed by atoms with van der Waals surface area (Å²) in [5.41, 5.74) is 0. The van der Waals surface area contributed by atoms with Gasteiger partial charge in [-0.25, -0.2) is 13.1 Å². The summed E-state index contributed by atoms with van der Waals surface area (Å²) >= 11 is 0. The van der Waals surface area contributed by atoms with Crippen LogP contribution < -0.4 is 14.8 Å². The molecule has 0 unspecified atom stereocenters. The van der Waals surface area contributed by atoms with E-state index in [1.807, 2.05) is 0 Å². The molecule has 0 atom stereocenters. The fraction of sp³-hybridized carbons (Fsp3) is 0.538. The molecule has 1 aliphatic rings. The number of methoxy groups -OCH3 is 1. The van der Waals surface area contributed by atoms with Gasteiger partial charge in [-0.3, -0.25) is 4.90 Å². The van der Waals surface area contributed by atoms with E-state index in [0.29, 0.717) is 12.3 Å². The van der Waals surface area contributed by atoms with Gasteiger partial charge in [-0.05, 0) is 24.3 Å². The Balaban J connectivity index is 0.00000220. The summed E-state index contributed by atoms with van der Waals surface area (Å²) in [6.45, 7) is 5.01. The summed E-state index contributed by atoms with van der Waals surface area (Å²) in [5, 5.41) is 3.27. The first-order valence-electron chi connectivity index (χ1n) is 6.68.